The molecule has 0 unspecified atom stereocenters. The molecule has 0 N–H and O–H groups in total. The number of nitrogens with zero attached hydrogens (tertiary/aromatic N) is 2. The van der Waals surface area contributed by atoms with Crippen molar-refractivity contribution in [1.29, 1.82) is 0 Å². The Morgan fingerprint density at radius 1 is 1.26 bits per heavy atom. The second kappa shape index (κ2) is 4.76. The molecule has 0 aliphatic carbocycles. The summed E-state index contributed by atoms with van der Waals surface area (Å²) in [6, 6.07) is 6.42. The third-order valence-electron chi connectivity index (χ3n) is 4.65. The first kappa shape index (κ1) is 14.6. The number of amides is 2. The van der Waals surface area contributed by atoms with E-state index in [1.54, 1.807) is 30.5 Å². The molecule has 0 radical (unpaired) electrons. The molecule has 0 spiro atoms. The van der Waals surface area contributed by atoms with Crippen LogP contribution in [0.3, 0.4) is 0 Å². The lowest BCUT2D eigenvalue weighted by atomic mass is 9.85. The van der Waals surface area contributed by atoms with Crippen molar-refractivity contribution in [3.05, 3.63) is 40.9 Å². The summed E-state index contributed by atoms with van der Waals surface area (Å²) in [7, 11) is 0. The number of hydrogen-bond donors (Lipinski definition) is 0. The molecule has 3 aliphatic heterocycles. The Kier molecular flexibility index (Phi) is 3.02. The SMILES string of the molecule is CC1=C[C@]2(C)O[C@@H]3C(=O)N(c4ccccc4Cl)C(=O)[C@@H]3[C@@H]2N=C1. The van der Waals surface area contributed by atoms with Gasteiger partial charge in [-0.2, -0.15) is 0 Å². The van der Waals surface area contributed by atoms with Gasteiger partial charge in [0.15, 0.2) is 6.10 Å². The summed E-state index contributed by atoms with van der Waals surface area (Å²) in [6.07, 6.45) is 2.85. The van der Waals surface area contributed by atoms with Crippen molar-refractivity contribution in [3.8, 4) is 0 Å². The van der Waals surface area contributed by atoms with Gasteiger partial charge in [0.2, 0.25) is 5.91 Å². The first-order valence-electron chi connectivity index (χ1n) is 7.45. The largest absolute Gasteiger partial charge is 0.355 e. The molecular formula is C17H15ClN2O3. The number of carbonyl (C=O) groups is 2. The minimum Gasteiger partial charge on any atom is -0.355 e. The van der Waals surface area contributed by atoms with Gasteiger partial charge in [-0.05, 0) is 37.6 Å². The van der Waals surface area contributed by atoms with Gasteiger partial charge in [0.05, 0.1) is 22.7 Å². The molecule has 6 heteroatoms. The molecule has 4 atom stereocenters. The highest BCUT2D eigenvalue weighted by atomic mass is 35.5. The average molecular weight is 331 g/mol. The van der Waals surface area contributed by atoms with Gasteiger partial charge in [-0.25, -0.2) is 4.90 Å². The van der Waals surface area contributed by atoms with Crippen molar-refractivity contribution in [2.45, 2.75) is 31.6 Å². The Morgan fingerprint density at radius 3 is 2.74 bits per heavy atom. The van der Waals surface area contributed by atoms with Crippen LogP contribution in [0.2, 0.25) is 5.02 Å². The first-order valence-corrected chi connectivity index (χ1v) is 7.83. The second-order valence-electron chi connectivity index (χ2n) is 6.32. The highest BCUT2D eigenvalue weighted by Gasteiger charge is 2.64. The molecule has 0 aromatic heterocycles. The number of anilines is 1. The zero-order valence-electron chi connectivity index (χ0n) is 12.7. The monoisotopic (exact) mass is 330 g/mol. The number of halogens is 1. The molecule has 5 nitrogen and oxygen atoms in total. The number of dihydropyridines is 1. The smallest absolute Gasteiger partial charge is 0.263 e. The zero-order chi connectivity index (χ0) is 16.4. The van der Waals surface area contributed by atoms with Gasteiger partial charge in [0, 0.05) is 6.21 Å². The molecule has 1 aromatic rings. The van der Waals surface area contributed by atoms with Gasteiger partial charge in [-0.3, -0.25) is 14.6 Å². The number of imide groups is 1. The molecule has 2 amide bonds. The predicted octanol–water partition coefficient (Wildman–Crippen LogP) is 2.39. The number of fused-ring (bicyclic) bond motifs is 3. The van der Waals surface area contributed by atoms with Crippen LogP contribution >= 0.6 is 11.6 Å². The number of hydrogen-bond acceptors (Lipinski definition) is 4. The first-order chi connectivity index (χ1) is 10.9. The lowest BCUT2D eigenvalue weighted by Gasteiger charge is -2.31. The van der Waals surface area contributed by atoms with Gasteiger partial charge in [-0.15, -0.1) is 0 Å². The summed E-state index contributed by atoms with van der Waals surface area (Å²) in [5.74, 6) is -1.28. The maximum absolute atomic E-state index is 12.9. The van der Waals surface area contributed by atoms with E-state index >= 15 is 0 Å². The minimum absolute atomic E-state index is 0.299. The van der Waals surface area contributed by atoms with Crippen LogP contribution in [0.1, 0.15) is 13.8 Å². The third kappa shape index (κ3) is 1.93. The Bertz CT molecular complexity index is 788. The van der Waals surface area contributed by atoms with E-state index in [2.05, 4.69) is 4.99 Å². The number of ether oxygens (including phenoxy) is 1. The number of benzene rings is 1. The van der Waals surface area contributed by atoms with Gasteiger partial charge in [0.25, 0.3) is 5.91 Å². The number of para-hydroxylation sites is 1. The van der Waals surface area contributed by atoms with Gasteiger partial charge in [-0.1, -0.05) is 23.7 Å². The van der Waals surface area contributed by atoms with Crippen molar-refractivity contribution in [2.75, 3.05) is 4.90 Å². The standard InChI is InChI=1S/C17H15ClN2O3/c1-9-7-17(2)14(19-8-9)12-13(23-17)16(22)20(15(12)21)11-6-4-3-5-10(11)18/h3-8,12-14H,1-2H3/t12-,13-,14-,17-/m0/s1. The number of rotatable bonds is 1. The maximum atomic E-state index is 12.9. The van der Waals surface area contributed by atoms with E-state index < -0.39 is 17.6 Å². The maximum Gasteiger partial charge on any atom is 0.263 e. The molecule has 4 rings (SSSR count). The van der Waals surface area contributed by atoms with Crippen molar-refractivity contribution in [3.63, 3.8) is 0 Å². The highest BCUT2D eigenvalue weighted by Crippen LogP contribution is 2.46. The van der Waals surface area contributed by atoms with E-state index in [9.17, 15) is 9.59 Å². The molecule has 2 fully saturated rings. The van der Waals surface area contributed by atoms with Crippen LogP contribution in [0.15, 0.2) is 40.9 Å². The lowest BCUT2D eigenvalue weighted by Crippen LogP contribution is -2.43. The Balaban J connectivity index is 1.75. The van der Waals surface area contributed by atoms with Crippen LogP contribution < -0.4 is 4.90 Å². The number of carbonyl (C=O) groups excluding carboxylic acids is 2. The number of allylic oxidation sites excluding steroid dienone is 1. The van der Waals surface area contributed by atoms with Gasteiger partial charge >= 0.3 is 0 Å². The quantitative estimate of drug-likeness (QED) is 0.743. The summed E-state index contributed by atoms with van der Waals surface area (Å²) in [4.78, 5) is 31.3. The molecule has 3 aliphatic rings. The van der Waals surface area contributed by atoms with E-state index in [1.807, 2.05) is 19.9 Å². The van der Waals surface area contributed by atoms with Crippen LogP contribution in [0, 0.1) is 5.92 Å². The Labute approximate surface area is 138 Å². The van der Waals surface area contributed by atoms with Crippen LogP contribution in [0.4, 0.5) is 5.69 Å². The summed E-state index contributed by atoms with van der Waals surface area (Å²) >= 11 is 6.15. The molecule has 23 heavy (non-hydrogen) atoms. The van der Waals surface area contributed by atoms with E-state index in [4.69, 9.17) is 16.3 Å². The predicted molar refractivity (Wildman–Crippen MR) is 86.8 cm³/mol. The van der Waals surface area contributed by atoms with E-state index in [0.717, 1.165) is 10.5 Å². The summed E-state index contributed by atoms with van der Waals surface area (Å²) < 4.78 is 5.98. The van der Waals surface area contributed by atoms with E-state index in [0.29, 0.717) is 10.7 Å². The number of aliphatic imine (C=N–C) groups is 1. The van der Waals surface area contributed by atoms with Crippen LogP contribution in [0.25, 0.3) is 0 Å². The fourth-order valence-electron chi connectivity index (χ4n) is 3.71. The fourth-order valence-corrected chi connectivity index (χ4v) is 3.93. The highest BCUT2D eigenvalue weighted by molar-refractivity contribution is 6.36. The van der Waals surface area contributed by atoms with Crippen molar-refractivity contribution >= 4 is 35.3 Å². The molecule has 118 valence electrons. The topological polar surface area (TPSA) is 59.0 Å². The van der Waals surface area contributed by atoms with E-state index in [1.165, 1.54) is 0 Å². The van der Waals surface area contributed by atoms with Crippen molar-refractivity contribution < 1.29 is 14.3 Å². The van der Waals surface area contributed by atoms with Crippen molar-refractivity contribution in [1.82, 2.24) is 0 Å². The lowest BCUT2D eigenvalue weighted by molar-refractivity contribution is -0.129. The van der Waals surface area contributed by atoms with Gasteiger partial charge in [0.1, 0.15) is 5.60 Å². The molecule has 3 heterocycles. The van der Waals surface area contributed by atoms with E-state index in [-0.39, 0.29) is 17.9 Å². The average Bonchev–Trinajstić information content (AvgIpc) is 2.92. The van der Waals surface area contributed by atoms with Gasteiger partial charge < -0.3 is 4.74 Å². The Morgan fingerprint density at radius 2 is 2.00 bits per heavy atom. The summed E-state index contributed by atoms with van der Waals surface area (Å²) in [5.41, 5.74) is 0.647. The molecule has 0 bridgehead atoms. The molecule has 0 saturated carbocycles. The van der Waals surface area contributed by atoms with Crippen LogP contribution in [-0.4, -0.2) is 35.8 Å². The second-order valence-corrected chi connectivity index (χ2v) is 6.73. The zero-order valence-corrected chi connectivity index (χ0v) is 13.4. The van der Waals surface area contributed by atoms with Crippen LogP contribution in [-0.2, 0) is 14.3 Å². The van der Waals surface area contributed by atoms with Crippen molar-refractivity contribution in [2.24, 2.45) is 10.9 Å². The normalized spacial score (nSPS) is 35.3. The molecule has 1 aromatic carbocycles. The fraction of sp³-hybridized carbons (Fsp3) is 0.353. The van der Waals surface area contributed by atoms with Crippen LogP contribution in [0.5, 0.6) is 0 Å². The Hall–Kier alpha value is -1.98. The third-order valence-corrected chi connectivity index (χ3v) is 4.97. The molecular weight excluding hydrogens is 316 g/mol. The molecule has 2 saturated heterocycles. The minimum atomic E-state index is -0.812. The summed E-state index contributed by atoms with van der Waals surface area (Å²) in [5, 5.41) is 0.361. The summed E-state index contributed by atoms with van der Waals surface area (Å²) in [6.45, 7) is 3.79.